The van der Waals surface area contributed by atoms with Gasteiger partial charge in [0, 0.05) is 39.1 Å². The summed E-state index contributed by atoms with van der Waals surface area (Å²) in [7, 11) is 3.35. The van der Waals surface area contributed by atoms with Crippen LogP contribution >= 0.6 is 11.8 Å². The van der Waals surface area contributed by atoms with Gasteiger partial charge in [0.15, 0.2) is 5.16 Å². The van der Waals surface area contributed by atoms with Gasteiger partial charge < -0.3 is 19.9 Å². The highest BCUT2D eigenvalue weighted by Crippen LogP contribution is 2.17. The number of thioether (sulfide) groups is 1. The summed E-state index contributed by atoms with van der Waals surface area (Å²) in [5.41, 5.74) is 0.937. The minimum absolute atomic E-state index is 0.0273. The van der Waals surface area contributed by atoms with Crippen molar-refractivity contribution < 1.29 is 14.7 Å². The zero-order valence-corrected chi connectivity index (χ0v) is 12.0. The van der Waals surface area contributed by atoms with E-state index in [-0.39, 0.29) is 11.8 Å². The molecule has 7 nitrogen and oxygen atoms in total. The number of carboxylic acids is 1. The van der Waals surface area contributed by atoms with Crippen LogP contribution in [0.1, 0.15) is 5.69 Å². The van der Waals surface area contributed by atoms with E-state index in [1.54, 1.807) is 20.3 Å². The normalized spacial score (nSPS) is 10.3. The number of rotatable bonds is 6. The van der Waals surface area contributed by atoms with Gasteiger partial charge in [-0.1, -0.05) is 11.8 Å². The molecular weight excluding hydrogens is 268 g/mol. The summed E-state index contributed by atoms with van der Waals surface area (Å²) in [6, 6.07) is -0.155. The Morgan fingerprint density at radius 2 is 2.21 bits per heavy atom. The van der Waals surface area contributed by atoms with Crippen LogP contribution in [0.15, 0.2) is 11.4 Å². The fourth-order valence-corrected chi connectivity index (χ4v) is 2.16. The fourth-order valence-electron chi connectivity index (χ4n) is 1.39. The molecular formula is C11H18N4O3S. The number of nitrogens with one attached hydrogen (secondary N) is 1. The number of imidazole rings is 1. The predicted octanol–water partition coefficient (Wildman–Crippen LogP) is 0.639. The summed E-state index contributed by atoms with van der Waals surface area (Å²) in [4.78, 5) is 27.5. The van der Waals surface area contributed by atoms with Crippen LogP contribution in [0.2, 0.25) is 0 Å². The van der Waals surface area contributed by atoms with Crippen molar-refractivity contribution in [1.82, 2.24) is 19.8 Å². The van der Waals surface area contributed by atoms with Crippen molar-refractivity contribution >= 4 is 23.8 Å². The van der Waals surface area contributed by atoms with Crippen LogP contribution in [0.5, 0.6) is 0 Å². The third-order valence-corrected chi connectivity index (χ3v) is 3.34. The molecule has 19 heavy (non-hydrogen) atoms. The van der Waals surface area contributed by atoms with Crippen molar-refractivity contribution in [3.63, 3.8) is 0 Å². The molecule has 0 atom stereocenters. The summed E-state index contributed by atoms with van der Waals surface area (Å²) in [5, 5.41) is 12.1. The number of carbonyl (C=O) groups is 2. The van der Waals surface area contributed by atoms with Crippen molar-refractivity contribution in [3.8, 4) is 0 Å². The van der Waals surface area contributed by atoms with Crippen LogP contribution in [0.4, 0.5) is 4.79 Å². The van der Waals surface area contributed by atoms with Crippen molar-refractivity contribution in [2.45, 2.75) is 18.6 Å². The lowest BCUT2D eigenvalue weighted by Crippen LogP contribution is -2.36. The monoisotopic (exact) mass is 286 g/mol. The molecule has 0 unspecified atom stereocenters. The van der Waals surface area contributed by atoms with E-state index in [2.05, 4.69) is 10.3 Å². The molecule has 0 aliphatic carbocycles. The zero-order chi connectivity index (χ0) is 14.4. The van der Waals surface area contributed by atoms with Crippen molar-refractivity contribution in [3.05, 3.63) is 11.9 Å². The minimum Gasteiger partial charge on any atom is -0.481 e. The zero-order valence-electron chi connectivity index (χ0n) is 11.2. The molecule has 106 valence electrons. The first-order valence-electron chi connectivity index (χ1n) is 5.73. The first kappa shape index (κ1) is 15.4. The topological polar surface area (TPSA) is 87.5 Å². The molecule has 0 radical (unpaired) electrons. The summed E-state index contributed by atoms with van der Waals surface area (Å²) in [6.07, 6.45) is 1.69. The molecule has 0 aliphatic heterocycles. The highest BCUT2D eigenvalue weighted by atomic mass is 32.2. The van der Waals surface area contributed by atoms with Gasteiger partial charge in [-0.25, -0.2) is 9.78 Å². The summed E-state index contributed by atoms with van der Waals surface area (Å²) < 4.78 is 1.89. The second-order valence-corrected chi connectivity index (χ2v) is 5.09. The molecule has 1 rings (SSSR count). The van der Waals surface area contributed by atoms with E-state index in [0.717, 1.165) is 5.69 Å². The van der Waals surface area contributed by atoms with Crippen molar-refractivity contribution in [2.75, 3.05) is 26.4 Å². The quantitative estimate of drug-likeness (QED) is 0.749. The number of amides is 2. The fraction of sp³-hybridized carbons (Fsp3) is 0.545. The maximum atomic E-state index is 11.4. The molecule has 1 aromatic heterocycles. The van der Waals surface area contributed by atoms with Crippen LogP contribution in [0.3, 0.4) is 0 Å². The number of carbonyl (C=O) groups excluding carboxylic acids is 1. The Hall–Kier alpha value is -1.70. The average molecular weight is 286 g/mol. The minimum atomic E-state index is -0.877. The first-order valence-corrected chi connectivity index (χ1v) is 6.72. The standard InChI is InChI=1S/C11H18N4O3S/c1-8-6-13-11(19-7-9(16)17)15(8)5-4-12-10(18)14(2)3/h6H,4-5,7H2,1-3H3,(H,12,18)(H,16,17). The molecule has 0 saturated carbocycles. The molecule has 0 bridgehead atoms. The Morgan fingerprint density at radius 3 is 2.79 bits per heavy atom. The number of hydrogen-bond donors (Lipinski definition) is 2. The van der Waals surface area contributed by atoms with E-state index in [1.807, 2.05) is 11.5 Å². The molecule has 1 aromatic rings. The lowest BCUT2D eigenvalue weighted by Gasteiger charge is -2.13. The SMILES string of the molecule is Cc1cnc(SCC(=O)O)n1CCNC(=O)N(C)C. The maximum Gasteiger partial charge on any atom is 0.316 e. The number of carboxylic acid groups (broad SMARTS) is 1. The second kappa shape index (κ2) is 7.03. The van der Waals surface area contributed by atoms with E-state index in [1.165, 1.54) is 16.7 Å². The average Bonchev–Trinajstić information content (AvgIpc) is 2.68. The molecule has 0 spiro atoms. The molecule has 0 fully saturated rings. The van der Waals surface area contributed by atoms with Crippen LogP contribution < -0.4 is 5.32 Å². The molecule has 8 heteroatoms. The highest BCUT2D eigenvalue weighted by Gasteiger charge is 2.10. The number of aromatic nitrogens is 2. The van der Waals surface area contributed by atoms with Crippen molar-refractivity contribution in [1.29, 1.82) is 0 Å². The van der Waals surface area contributed by atoms with Gasteiger partial charge in [-0.15, -0.1) is 0 Å². The molecule has 0 aliphatic rings. The van der Waals surface area contributed by atoms with Crippen LogP contribution in [-0.2, 0) is 11.3 Å². The van der Waals surface area contributed by atoms with Crippen molar-refractivity contribution in [2.24, 2.45) is 0 Å². The van der Waals surface area contributed by atoms with Gasteiger partial charge in [-0.05, 0) is 6.92 Å². The Morgan fingerprint density at radius 1 is 1.53 bits per heavy atom. The third-order valence-electron chi connectivity index (χ3n) is 2.36. The number of aliphatic carboxylic acids is 1. The smallest absolute Gasteiger partial charge is 0.316 e. The van der Waals surface area contributed by atoms with Crippen LogP contribution in [0, 0.1) is 6.92 Å². The largest absolute Gasteiger partial charge is 0.481 e. The van der Waals surface area contributed by atoms with E-state index < -0.39 is 5.97 Å². The van der Waals surface area contributed by atoms with Gasteiger partial charge in [0.2, 0.25) is 0 Å². The first-order chi connectivity index (χ1) is 8.91. The second-order valence-electron chi connectivity index (χ2n) is 4.14. The van der Waals surface area contributed by atoms with Gasteiger partial charge in [0.25, 0.3) is 0 Å². The van der Waals surface area contributed by atoms with Crippen LogP contribution in [-0.4, -0.2) is 58.0 Å². The highest BCUT2D eigenvalue weighted by molar-refractivity contribution is 7.99. The number of nitrogens with zero attached hydrogens (tertiary/aromatic N) is 3. The Labute approximate surface area is 116 Å². The van der Waals surface area contributed by atoms with Gasteiger partial charge >= 0.3 is 12.0 Å². The molecule has 0 aromatic carbocycles. The van der Waals surface area contributed by atoms with E-state index >= 15 is 0 Å². The predicted molar refractivity (Wildman–Crippen MR) is 72.4 cm³/mol. The van der Waals surface area contributed by atoms with Gasteiger partial charge in [0.05, 0.1) is 5.75 Å². The summed E-state index contributed by atoms with van der Waals surface area (Å²) in [5.74, 6) is -0.904. The summed E-state index contributed by atoms with van der Waals surface area (Å²) >= 11 is 1.17. The third kappa shape index (κ3) is 4.82. The van der Waals surface area contributed by atoms with Gasteiger partial charge in [0.1, 0.15) is 0 Å². The number of urea groups is 1. The Kier molecular flexibility index (Phi) is 5.68. The summed E-state index contributed by atoms with van der Waals surface area (Å²) in [6.45, 7) is 2.92. The van der Waals surface area contributed by atoms with E-state index in [4.69, 9.17) is 5.11 Å². The van der Waals surface area contributed by atoms with Gasteiger partial charge in [-0.3, -0.25) is 4.79 Å². The van der Waals surface area contributed by atoms with Gasteiger partial charge in [-0.2, -0.15) is 0 Å². The lowest BCUT2D eigenvalue weighted by molar-refractivity contribution is -0.133. The molecule has 1 heterocycles. The molecule has 0 saturated heterocycles. The lowest BCUT2D eigenvalue weighted by atomic mass is 10.5. The van der Waals surface area contributed by atoms with E-state index in [9.17, 15) is 9.59 Å². The van der Waals surface area contributed by atoms with E-state index in [0.29, 0.717) is 18.2 Å². The Bertz CT molecular complexity index is 459. The molecule has 2 amide bonds. The van der Waals surface area contributed by atoms with Crippen LogP contribution in [0.25, 0.3) is 0 Å². The number of aryl methyl sites for hydroxylation is 1. The maximum absolute atomic E-state index is 11.4. The number of hydrogen-bond acceptors (Lipinski definition) is 4. The molecule has 2 N–H and O–H groups in total. The Balaban J connectivity index is 2.55.